The summed E-state index contributed by atoms with van der Waals surface area (Å²) in [5.41, 5.74) is -2.80. The first kappa shape index (κ1) is 64.0. The van der Waals surface area contributed by atoms with Crippen molar-refractivity contribution in [3.8, 4) is 0 Å². The smallest absolute Gasteiger partial charge is 0.458 e. The van der Waals surface area contributed by atoms with Crippen LogP contribution in [0.2, 0.25) is 0 Å². The maximum atomic E-state index is 15.0. The number of hydrogen-bond donors (Lipinski definition) is 2. The van der Waals surface area contributed by atoms with Crippen LogP contribution < -0.4 is 5.32 Å². The number of aliphatic hydroxyl groups is 1. The summed E-state index contributed by atoms with van der Waals surface area (Å²) in [6.45, 7) is 16.1. The van der Waals surface area contributed by atoms with Gasteiger partial charge < -0.3 is 76.9 Å². The van der Waals surface area contributed by atoms with Gasteiger partial charge >= 0.3 is 30.5 Å². The van der Waals surface area contributed by atoms with Crippen molar-refractivity contribution < 1.29 is 95.5 Å². The van der Waals surface area contributed by atoms with Gasteiger partial charge in [-0.3, -0.25) is 9.59 Å². The fraction of sp³-hybridized carbons (Fsp3) is 0.607. The van der Waals surface area contributed by atoms with Crippen molar-refractivity contribution in [2.24, 2.45) is 17.8 Å². The highest BCUT2D eigenvalue weighted by Crippen LogP contribution is 2.43. The van der Waals surface area contributed by atoms with E-state index in [1.165, 1.54) is 26.0 Å². The van der Waals surface area contributed by atoms with Crippen LogP contribution in [0.1, 0.15) is 112 Å². The Morgan fingerprint density at radius 1 is 0.699 bits per heavy atom. The molecule has 3 aromatic rings. The summed E-state index contributed by atoms with van der Waals surface area (Å²) in [6.07, 6.45) is -16.0. The summed E-state index contributed by atoms with van der Waals surface area (Å²) in [4.78, 5) is 84.7. The van der Waals surface area contributed by atoms with E-state index in [2.05, 4.69) is 5.32 Å². The minimum atomic E-state index is -2.01. The number of nitrogens with one attached hydrogen (secondary N) is 1. The molecule has 0 aromatic heterocycles. The van der Waals surface area contributed by atoms with E-state index < -0.39 is 144 Å². The maximum Gasteiger partial charge on any atom is 0.509 e. The number of amides is 2. The number of esters is 1. The Morgan fingerprint density at radius 2 is 1.25 bits per heavy atom. The first-order valence-electron chi connectivity index (χ1n) is 28.3. The van der Waals surface area contributed by atoms with Crippen molar-refractivity contribution in [3.05, 3.63) is 108 Å². The highest BCUT2D eigenvalue weighted by Gasteiger charge is 2.59. The summed E-state index contributed by atoms with van der Waals surface area (Å²) >= 11 is 0. The second-order valence-corrected chi connectivity index (χ2v) is 22.9. The molecule has 4 saturated heterocycles. The highest BCUT2D eigenvalue weighted by atomic mass is 16.8. The Labute approximate surface area is 485 Å². The summed E-state index contributed by atoms with van der Waals surface area (Å²) in [6, 6.07) is 25.3. The van der Waals surface area contributed by atoms with Gasteiger partial charge in [-0.05, 0) is 91.3 Å². The lowest BCUT2D eigenvalue weighted by Crippen LogP contribution is -2.62. The van der Waals surface area contributed by atoms with Crippen molar-refractivity contribution in [3.63, 3.8) is 0 Å². The lowest BCUT2D eigenvalue weighted by atomic mass is 9.78. The van der Waals surface area contributed by atoms with Gasteiger partial charge in [-0.2, -0.15) is 0 Å². The van der Waals surface area contributed by atoms with Gasteiger partial charge in [0.25, 0.3) is 0 Å². The lowest BCUT2D eigenvalue weighted by molar-refractivity contribution is -0.318. The van der Waals surface area contributed by atoms with Crippen molar-refractivity contribution in [1.82, 2.24) is 10.2 Å². The van der Waals surface area contributed by atoms with Crippen LogP contribution in [0.15, 0.2) is 91.0 Å². The summed E-state index contributed by atoms with van der Waals surface area (Å²) < 4.78 is 79.8. The van der Waals surface area contributed by atoms with Crippen molar-refractivity contribution >= 4 is 36.4 Å². The number of nitrogens with zero attached hydrogens (tertiary/aromatic N) is 1. The Balaban J connectivity index is 1.27. The Morgan fingerprint density at radius 3 is 1.81 bits per heavy atom. The molecule has 0 aliphatic carbocycles. The quantitative estimate of drug-likeness (QED) is 0.106. The van der Waals surface area contributed by atoms with E-state index in [-0.39, 0.29) is 45.5 Å². The number of ether oxygens (including phenoxy) is 13. The van der Waals surface area contributed by atoms with Gasteiger partial charge in [-0.15, -0.1) is 0 Å². The Kier molecular flexibility index (Phi) is 21.5. The molecular formula is C61H82N2O20. The van der Waals surface area contributed by atoms with Crippen molar-refractivity contribution in [1.29, 1.82) is 0 Å². The zero-order valence-corrected chi connectivity index (χ0v) is 49.4. The van der Waals surface area contributed by atoms with Crippen LogP contribution in [0, 0.1) is 17.8 Å². The second-order valence-electron chi connectivity index (χ2n) is 22.9. The number of methoxy groups -OCH3 is 1. The maximum absolute atomic E-state index is 15.0. The molecule has 4 aliphatic heterocycles. The van der Waals surface area contributed by atoms with Crippen molar-refractivity contribution in [2.75, 3.05) is 14.2 Å². The molecule has 4 heterocycles. The van der Waals surface area contributed by atoms with Gasteiger partial charge in [0.1, 0.15) is 31.5 Å². The third-order valence-electron chi connectivity index (χ3n) is 16.3. The van der Waals surface area contributed by atoms with E-state index in [1.807, 2.05) is 42.5 Å². The third kappa shape index (κ3) is 15.8. The molecule has 2 amide bonds. The molecule has 3 aromatic carbocycles. The highest BCUT2D eigenvalue weighted by molar-refractivity contribution is 5.80. The lowest BCUT2D eigenvalue weighted by Gasteiger charge is -2.49. The number of carbonyl (C=O) groups is 6. The molecule has 0 radical (unpaired) electrons. The van der Waals surface area contributed by atoms with Gasteiger partial charge in [0, 0.05) is 32.5 Å². The number of likely N-dealkylation sites (N-methyl/N-ethyl adjacent to an activating group) is 1. The largest absolute Gasteiger partial charge is 0.509 e. The van der Waals surface area contributed by atoms with Crippen LogP contribution >= 0.6 is 0 Å². The molecule has 0 spiro atoms. The summed E-state index contributed by atoms with van der Waals surface area (Å²) in [5.74, 6) is -4.83. The third-order valence-corrected chi connectivity index (χ3v) is 16.3. The number of carbonyl (C=O) groups excluding carboxylic acids is 6. The molecule has 18 atom stereocenters. The standard InChI is InChI=1S/C61H82N2O20/c1-13-45-61(10)50(81-58(69)83-61)39(6)52(64)62-35(2)30-59(8,70)49(37(4)47(38(5)53(65)77-45)78-46-31-60(9,71-12)51(40(7)76-46)82-57(68)74-34-43-27-21-16-22-28-43)80-54-48(79-56(67)73-33-42-25-19-15-20-26-42)44(29-36(3)75-54)63(11)55(66)72-32-41-23-17-14-18-24-41/h14-28,35-40,44-51,54,70H,13,29-34H2,1-12H3,(H,62,64)/t35-,36-,37+,38-,39+,40+,44+,45-,46+,47+,48-,49-,50-,51+,54+,59-,60-,61-/m1/s1. The molecule has 4 aliphatic rings. The van der Waals surface area contributed by atoms with E-state index >= 15 is 4.79 Å². The first-order valence-corrected chi connectivity index (χ1v) is 28.3. The average molecular weight is 1160 g/mol. The second kappa shape index (κ2) is 27.9. The minimum absolute atomic E-state index is 0.0510. The normalized spacial score (nSPS) is 35.0. The minimum Gasteiger partial charge on any atom is -0.458 e. The molecule has 0 unspecified atom stereocenters. The number of benzene rings is 3. The number of fused-ring (bicyclic) bond motifs is 1. The monoisotopic (exact) mass is 1160 g/mol. The fourth-order valence-electron chi connectivity index (χ4n) is 11.8. The van der Waals surface area contributed by atoms with E-state index in [9.17, 15) is 29.1 Å². The molecule has 22 heteroatoms. The van der Waals surface area contributed by atoms with Crippen LogP contribution in [0.25, 0.3) is 0 Å². The van der Waals surface area contributed by atoms with Crippen molar-refractivity contribution in [2.45, 2.75) is 205 Å². The number of cyclic esters (lactones) is 1. The Hall–Kier alpha value is -6.56. The van der Waals surface area contributed by atoms with E-state index in [0.29, 0.717) is 5.56 Å². The van der Waals surface area contributed by atoms with Crippen LogP contribution in [0.5, 0.6) is 0 Å². The van der Waals surface area contributed by atoms with Crippen LogP contribution in [0.3, 0.4) is 0 Å². The van der Waals surface area contributed by atoms with E-state index in [4.69, 9.17) is 61.6 Å². The van der Waals surface area contributed by atoms with Gasteiger partial charge in [0.05, 0.1) is 47.9 Å². The zero-order chi connectivity index (χ0) is 60.4. The SMILES string of the molecule is CC[C@H]1OC(=O)[C@H](C)[C@@H](O[C@H]2C[C@@](C)(OC)[C@@H](OC(=O)OCc3ccccc3)[C@H](C)O2)[C@H](C)[C@@H](O[C@@H]2O[C@H](C)C[C@H](N(C)C(=O)OCc3ccccc3)[C@H]2OC(=O)OCc2ccccc2)[C@](C)(O)C[C@@H](C)NC(=O)[C@@H](C)[C@H]2OC(=O)O[C@@]21C. The average Bonchev–Trinajstić information content (AvgIpc) is 3.66. The topological polar surface area (TPSA) is 258 Å². The fourth-order valence-corrected chi connectivity index (χ4v) is 11.8. The zero-order valence-electron chi connectivity index (χ0n) is 49.4. The predicted octanol–water partition coefficient (Wildman–Crippen LogP) is 8.70. The summed E-state index contributed by atoms with van der Waals surface area (Å²) in [7, 11) is 2.94. The van der Waals surface area contributed by atoms with Crippen LogP contribution in [-0.4, -0.2) is 151 Å². The number of hydrogen-bond acceptors (Lipinski definition) is 20. The molecule has 2 N–H and O–H groups in total. The molecule has 0 bridgehead atoms. The van der Waals surface area contributed by atoms with E-state index in [0.717, 1.165) is 11.1 Å². The molecule has 4 fully saturated rings. The van der Waals surface area contributed by atoms with Gasteiger partial charge in [-0.25, -0.2) is 19.2 Å². The molecule has 83 heavy (non-hydrogen) atoms. The van der Waals surface area contributed by atoms with Gasteiger partial charge in [-0.1, -0.05) is 105 Å². The number of rotatable bonds is 15. The molecule has 456 valence electrons. The predicted molar refractivity (Wildman–Crippen MR) is 295 cm³/mol. The summed E-state index contributed by atoms with van der Waals surface area (Å²) in [5, 5.41) is 16.1. The molecular weight excluding hydrogens is 1080 g/mol. The van der Waals surface area contributed by atoms with Gasteiger partial charge in [0.15, 0.2) is 36.5 Å². The first-order chi connectivity index (χ1) is 39.4. The van der Waals surface area contributed by atoms with Crippen LogP contribution in [-0.2, 0) is 91.0 Å². The van der Waals surface area contributed by atoms with Gasteiger partial charge in [0.2, 0.25) is 5.91 Å². The van der Waals surface area contributed by atoms with Crippen LogP contribution in [0.4, 0.5) is 19.2 Å². The molecule has 0 saturated carbocycles. The Bertz CT molecular complexity index is 2650. The molecule has 22 nitrogen and oxygen atoms in total. The molecule has 7 rings (SSSR count). The van der Waals surface area contributed by atoms with E-state index in [1.54, 1.807) is 111 Å².